The highest BCUT2D eigenvalue weighted by molar-refractivity contribution is 5.12. The Kier molecular flexibility index (Phi) is 4.48. The number of hydrogen-bond acceptors (Lipinski definition) is 4. The minimum Gasteiger partial charge on any atom is -0.374 e. The van der Waals surface area contributed by atoms with Crippen molar-refractivity contribution in [1.82, 2.24) is 15.2 Å². The first-order chi connectivity index (χ1) is 8.29. The molecular formula is C13H21N3O. The van der Waals surface area contributed by atoms with Crippen molar-refractivity contribution in [3.05, 3.63) is 30.1 Å². The lowest BCUT2D eigenvalue weighted by Crippen LogP contribution is -2.51. The number of pyridine rings is 1. The first-order valence-corrected chi connectivity index (χ1v) is 6.16. The summed E-state index contributed by atoms with van der Waals surface area (Å²) < 4.78 is 5.85. The lowest BCUT2D eigenvalue weighted by Gasteiger charge is -2.35. The van der Waals surface area contributed by atoms with E-state index < -0.39 is 0 Å². The monoisotopic (exact) mass is 235 g/mol. The third kappa shape index (κ3) is 3.49. The Labute approximate surface area is 103 Å². The van der Waals surface area contributed by atoms with Crippen molar-refractivity contribution < 1.29 is 4.74 Å². The van der Waals surface area contributed by atoms with Gasteiger partial charge in [-0.05, 0) is 38.2 Å². The Morgan fingerprint density at radius 2 is 2.29 bits per heavy atom. The van der Waals surface area contributed by atoms with Crippen LogP contribution in [0.25, 0.3) is 0 Å². The van der Waals surface area contributed by atoms with Gasteiger partial charge in [-0.3, -0.25) is 4.98 Å². The van der Waals surface area contributed by atoms with Gasteiger partial charge in [-0.1, -0.05) is 0 Å². The van der Waals surface area contributed by atoms with Crippen molar-refractivity contribution in [2.75, 3.05) is 33.8 Å². The Morgan fingerprint density at radius 1 is 1.53 bits per heavy atom. The third-order valence-electron chi connectivity index (χ3n) is 3.32. The topological polar surface area (TPSA) is 37.4 Å². The summed E-state index contributed by atoms with van der Waals surface area (Å²) in [6.07, 6.45) is 4.94. The minimum absolute atomic E-state index is 0.270. The fraction of sp³-hybridized carbons (Fsp3) is 0.615. The van der Waals surface area contributed by atoms with Crippen molar-refractivity contribution in [3.8, 4) is 0 Å². The standard InChI is InChI=1S/C13H21N3O/c1-14-12(9-11-3-5-15-6-4-11)13-10-16(2)7-8-17-13/h3-6,12-14H,7-10H2,1-2H3. The summed E-state index contributed by atoms with van der Waals surface area (Å²) >= 11 is 0. The van der Waals surface area contributed by atoms with E-state index in [9.17, 15) is 0 Å². The van der Waals surface area contributed by atoms with Gasteiger partial charge in [0, 0.05) is 31.5 Å². The third-order valence-corrected chi connectivity index (χ3v) is 3.32. The molecule has 1 N–H and O–H groups in total. The average molecular weight is 235 g/mol. The fourth-order valence-electron chi connectivity index (χ4n) is 2.25. The minimum atomic E-state index is 0.270. The van der Waals surface area contributed by atoms with Gasteiger partial charge in [0.2, 0.25) is 0 Å². The molecule has 1 aromatic heterocycles. The lowest BCUT2D eigenvalue weighted by atomic mass is 10.0. The molecule has 4 nitrogen and oxygen atoms in total. The summed E-state index contributed by atoms with van der Waals surface area (Å²) in [6.45, 7) is 2.86. The van der Waals surface area contributed by atoms with Crippen LogP contribution in [0.15, 0.2) is 24.5 Å². The van der Waals surface area contributed by atoms with Crippen LogP contribution in [0.1, 0.15) is 5.56 Å². The van der Waals surface area contributed by atoms with Gasteiger partial charge >= 0.3 is 0 Å². The summed E-state index contributed by atoms with van der Waals surface area (Å²) in [5.74, 6) is 0. The Morgan fingerprint density at radius 3 is 2.94 bits per heavy atom. The van der Waals surface area contributed by atoms with Gasteiger partial charge in [0.05, 0.1) is 12.7 Å². The maximum absolute atomic E-state index is 5.85. The van der Waals surface area contributed by atoms with Crippen LogP contribution >= 0.6 is 0 Å². The smallest absolute Gasteiger partial charge is 0.0858 e. The summed E-state index contributed by atoms with van der Waals surface area (Å²) in [4.78, 5) is 6.37. The van der Waals surface area contributed by atoms with Gasteiger partial charge in [-0.15, -0.1) is 0 Å². The molecule has 0 radical (unpaired) electrons. The highest BCUT2D eigenvalue weighted by atomic mass is 16.5. The van der Waals surface area contributed by atoms with Crippen molar-refractivity contribution in [1.29, 1.82) is 0 Å². The number of nitrogens with one attached hydrogen (secondary N) is 1. The van der Waals surface area contributed by atoms with Crippen molar-refractivity contribution in [2.45, 2.75) is 18.6 Å². The van der Waals surface area contributed by atoms with Crippen molar-refractivity contribution in [3.63, 3.8) is 0 Å². The molecule has 0 aliphatic carbocycles. The van der Waals surface area contributed by atoms with E-state index in [1.54, 1.807) is 0 Å². The highest BCUT2D eigenvalue weighted by Gasteiger charge is 2.25. The maximum Gasteiger partial charge on any atom is 0.0858 e. The molecule has 0 spiro atoms. The average Bonchev–Trinajstić information content (AvgIpc) is 2.37. The molecule has 4 heteroatoms. The van der Waals surface area contributed by atoms with Crippen LogP contribution in [0.4, 0.5) is 0 Å². The second-order valence-corrected chi connectivity index (χ2v) is 4.63. The van der Waals surface area contributed by atoms with Crippen LogP contribution in [0.3, 0.4) is 0 Å². The van der Waals surface area contributed by atoms with Crippen LogP contribution in [0, 0.1) is 0 Å². The van der Waals surface area contributed by atoms with E-state index in [0.29, 0.717) is 6.04 Å². The van der Waals surface area contributed by atoms with Crippen LogP contribution in [-0.4, -0.2) is 55.8 Å². The SMILES string of the molecule is CNC(Cc1ccncc1)C1CN(C)CCO1. The molecule has 0 amide bonds. The quantitative estimate of drug-likeness (QED) is 0.826. The zero-order valence-corrected chi connectivity index (χ0v) is 10.6. The zero-order valence-electron chi connectivity index (χ0n) is 10.6. The number of morpholine rings is 1. The number of aromatic nitrogens is 1. The summed E-state index contributed by atoms with van der Waals surface area (Å²) in [5, 5.41) is 3.37. The van der Waals surface area contributed by atoms with Crippen LogP contribution in [-0.2, 0) is 11.2 Å². The molecule has 0 saturated carbocycles. The normalized spacial score (nSPS) is 23.5. The molecule has 1 aromatic rings. The maximum atomic E-state index is 5.85. The van der Waals surface area contributed by atoms with Crippen LogP contribution in [0.2, 0.25) is 0 Å². The van der Waals surface area contributed by atoms with E-state index in [0.717, 1.165) is 26.1 Å². The van der Waals surface area contributed by atoms with Gasteiger partial charge in [-0.25, -0.2) is 0 Å². The molecule has 2 unspecified atom stereocenters. The summed E-state index contributed by atoms with van der Waals surface area (Å²) in [5.41, 5.74) is 1.30. The Hall–Kier alpha value is -0.970. The molecule has 2 heterocycles. The van der Waals surface area contributed by atoms with E-state index in [1.807, 2.05) is 19.4 Å². The summed E-state index contributed by atoms with van der Waals surface area (Å²) in [6, 6.07) is 4.49. The van der Waals surface area contributed by atoms with E-state index in [4.69, 9.17) is 4.74 Å². The molecular weight excluding hydrogens is 214 g/mol. The van der Waals surface area contributed by atoms with Crippen molar-refractivity contribution in [2.24, 2.45) is 0 Å². The molecule has 1 aliphatic rings. The zero-order chi connectivity index (χ0) is 12.1. The largest absolute Gasteiger partial charge is 0.374 e. The fourth-order valence-corrected chi connectivity index (χ4v) is 2.25. The molecule has 2 rings (SSSR count). The second-order valence-electron chi connectivity index (χ2n) is 4.63. The number of ether oxygens (including phenoxy) is 1. The number of hydrogen-bond donors (Lipinski definition) is 1. The predicted molar refractivity (Wildman–Crippen MR) is 68.0 cm³/mol. The van der Waals surface area contributed by atoms with Gasteiger partial charge in [0.1, 0.15) is 0 Å². The number of nitrogens with zero attached hydrogens (tertiary/aromatic N) is 2. The van der Waals surface area contributed by atoms with Gasteiger partial charge in [0.15, 0.2) is 0 Å². The van der Waals surface area contributed by atoms with E-state index in [2.05, 4.69) is 34.4 Å². The summed E-state index contributed by atoms with van der Waals surface area (Å²) in [7, 11) is 4.15. The molecule has 94 valence electrons. The van der Waals surface area contributed by atoms with Gasteiger partial charge in [-0.2, -0.15) is 0 Å². The predicted octanol–water partition coefficient (Wildman–Crippen LogP) is 0.543. The first kappa shape index (κ1) is 12.5. The first-order valence-electron chi connectivity index (χ1n) is 6.16. The number of rotatable bonds is 4. The molecule has 17 heavy (non-hydrogen) atoms. The second kappa shape index (κ2) is 6.10. The van der Waals surface area contributed by atoms with Gasteiger partial charge in [0.25, 0.3) is 0 Å². The van der Waals surface area contributed by atoms with E-state index in [1.165, 1.54) is 5.56 Å². The van der Waals surface area contributed by atoms with E-state index >= 15 is 0 Å². The van der Waals surface area contributed by atoms with Crippen LogP contribution in [0.5, 0.6) is 0 Å². The molecule has 1 saturated heterocycles. The molecule has 1 fully saturated rings. The molecule has 2 atom stereocenters. The molecule has 1 aliphatic heterocycles. The van der Waals surface area contributed by atoms with E-state index in [-0.39, 0.29) is 6.10 Å². The Balaban J connectivity index is 1.96. The Bertz CT molecular complexity index is 331. The molecule has 0 bridgehead atoms. The number of likely N-dealkylation sites (N-methyl/N-ethyl adjacent to an activating group) is 2. The van der Waals surface area contributed by atoms with Gasteiger partial charge < -0.3 is 15.0 Å². The molecule has 0 aromatic carbocycles. The highest BCUT2D eigenvalue weighted by Crippen LogP contribution is 2.12. The van der Waals surface area contributed by atoms with Crippen molar-refractivity contribution >= 4 is 0 Å². The van der Waals surface area contributed by atoms with Crippen LogP contribution < -0.4 is 5.32 Å². The lowest BCUT2D eigenvalue weighted by molar-refractivity contribution is -0.0372.